The molecule has 2 rings (SSSR count). The predicted molar refractivity (Wildman–Crippen MR) is 127 cm³/mol. The molecule has 0 atom stereocenters. The molecule has 158 valence electrons. The molecule has 29 heavy (non-hydrogen) atoms. The summed E-state index contributed by atoms with van der Waals surface area (Å²) < 4.78 is 10.8. The topological polar surface area (TPSA) is 84.0 Å². The number of halogens is 1. The molecule has 0 aromatic heterocycles. The van der Waals surface area contributed by atoms with Crippen molar-refractivity contribution in [2.24, 2.45) is 4.99 Å². The molecule has 0 saturated carbocycles. The van der Waals surface area contributed by atoms with Crippen LogP contribution in [-0.2, 0) is 6.54 Å². The van der Waals surface area contributed by atoms with Gasteiger partial charge in [0.2, 0.25) is 0 Å². The monoisotopic (exact) mass is 512 g/mol. The van der Waals surface area contributed by atoms with Gasteiger partial charge in [-0.25, -0.2) is 0 Å². The molecule has 3 N–H and O–H groups in total. The van der Waals surface area contributed by atoms with E-state index in [1.165, 1.54) is 0 Å². The van der Waals surface area contributed by atoms with Crippen LogP contribution in [0.25, 0.3) is 0 Å². The number of aliphatic imine (C=N–C) groups is 1. The van der Waals surface area contributed by atoms with Gasteiger partial charge >= 0.3 is 0 Å². The second-order valence-corrected chi connectivity index (χ2v) is 5.94. The summed E-state index contributed by atoms with van der Waals surface area (Å²) >= 11 is 0. The molecule has 1 amide bonds. The molecule has 0 radical (unpaired) electrons. The molecule has 0 aliphatic carbocycles. The molecule has 0 unspecified atom stereocenters. The van der Waals surface area contributed by atoms with E-state index in [2.05, 4.69) is 20.9 Å². The molecule has 0 bridgehead atoms. The van der Waals surface area contributed by atoms with Crippen molar-refractivity contribution in [1.82, 2.24) is 16.0 Å². The van der Waals surface area contributed by atoms with Crippen LogP contribution in [0.15, 0.2) is 53.5 Å². The molecule has 0 fully saturated rings. The fourth-order valence-electron chi connectivity index (χ4n) is 2.50. The number of nitrogens with zero attached hydrogens (tertiary/aromatic N) is 1. The molecule has 8 heteroatoms. The van der Waals surface area contributed by atoms with Crippen LogP contribution in [-0.4, -0.2) is 45.7 Å². The number of amides is 1. The number of methoxy groups -OCH3 is 1. The Labute approximate surface area is 189 Å². The first-order valence-electron chi connectivity index (χ1n) is 9.24. The van der Waals surface area contributed by atoms with Crippen molar-refractivity contribution in [2.45, 2.75) is 13.5 Å². The number of benzene rings is 2. The number of hydrogen-bond donors (Lipinski definition) is 3. The summed E-state index contributed by atoms with van der Waals surface area (Å²) in [5.41, 5.74) is 1.65. The van der Waals surface area contributed by atoms with Gasteiger partial charge in [0.1, 0.15) is 18.1 Å². The Morgan fingerprint density at radius 2 is 1.76 bits per heavy atom. The average Bonchev–Trinajstić information content (AvgIpc) is 2.74. The maximum atomic E-state index is 11.9. The van der Waals surface area contributed by atoms with Crippen molar-refractivity contribution in [3.63, 3.8) is 0 Å². The van der Waals surface area contributed by atoms with E-state index in [0.717, 1.165) is 17.1 Å². The maximum Gasteiger partial charge on any atom is 0.251 e. The molecule has 0 saturated heterocycles. The largest absolute Gasteiger partial charge is 0.497 e. The number of carbonyl (C=O) groups is 1. The Morgan fingerprint density at radius 1 is 1.03 bits per heavy atom. The van der Waals surface area contributed by atoms with Crippen molar-refractivity contribution in [2.75, 3.05) is 33.9 Å². The molecule has 0 heterocycles. The van der Waals surface area contributed by atoms with Gasteiger partial charge in [-0.1, -0.05) is 12.1 Å². The van der Waals surface area contributed by atoms with Crippen LogP contribution < -0.4 is 25.4 Å². The first kappa shape index (κ1) is 24.5. The minimum atomic E-state index is -0.0671. The molecular formula is C21H29IN4O3. The Hall–Kier alpha value is -2.49. The van der Waals surface area contributed by atoms with E-state index in [-0.39, 0.29) is 29.9 Å². The van der Waals surface area contributed by atoms with Crippen LogP contribution in [0.3, 0.4) is 0 Å². The minimum Gasteiger partial charge on any atom is -0.497 e. The van der Waals surface area contributed by atoms with Crippen molar-refractivity contribution in [3.8, 4) is 11.5 Å². The summed E-state index contributed by atoms with van der Waals surface area (Å²) in [4.78, 5) is 16.1. The molecule has 2 aromatic carbocycles. The van der Waals surface area contributed by atoms with Gasteiger partial charge < -0.3 is 25.4 Å². The number of hydrogen-bond acceptors (Lipinski definition) is 4. The zero-order valence-electron chi connectivity index (χ0n) is 17.0. The van der Waals surface area contributed by atoms with Crippen molar-refractivity contribution in [1.29, 1.82) is 0 Å². The third kappa shape index (κ3) is 8.59. The first-order chi connectivity index (χ1) is 13.7. The van der Waals surface area contributed by atoms with Crippen LogP contribution in [0.5, 0.6) is 11.5 Å². The quantitative estimate of drug-likeness (QED) is 0.208. The van der Waals surface area contributed by atoms with E-state index in [4.69, 9.17) is 9.47 Å². The highest BCUT2D eigenvalue weighted by Crippen LogP contribution is 2.16. The van der Waals surface area contributed by atoms with E-state index in [9.17, 15) is 4.79 Å². The Balaban J connectivity index is 0.00000420. The third-order valence-electron chi connectivity index (χ3n) is 3.93. The standard InChI is InChI=1S/C21H28N4O3.HI/c1-4-23-20(26)17-7-5-6-16(14-17)15-25-21(22-2)24-12-13-28-19-10-8-18(27-3)9-11-19;/h5-11,14H,4,12-13,15H2,1-3H3,(H,23,26)(H2,22,24,25);1H. The van der Waals surface area contributed by atoms with Gasteiger partial charge in [-0.15, -0.1) is 24.0 Å². The van der Waals surface area contributed by atoms with Gasteiger partial charge in [-0.2, -0.15) is 0 Å². The third-order valence-corrected chi connectivity index (χ3v) is 3.93. The number of carbonyl (C=O) groups excluding carboxylic acids is 1. The predicted octanol–water partition coefficient (Wildman–Crippen LogP) is 2.81. The Morgan fingerprint density at radius 3 is 2.41 bits per heavy atom. The number of nitrogens with one attached hydrogen (secondary N) is 3. The number of rotatable bonds is 9. The smallest absolute Gasteiger partial charge is 0.251 e. The van der Waals surface area contributed by atoms with Gasteiger partial charge in [-0.3, -0.25) is 9.79 Å². The second-order valence-electron chi connectivity index (χ2n) is 5.94. The van der Waals surface area contributed by atoms with E-state index >= 15 is 0 Å². The van der Waals surface area contributed by atoms with Gasteiger partial charge in [0.05, 0.1) is 13.7 Å². The lowest BCUT2D eigenvalue weighted by molar-refractivity contribution is 0.0955. The maximum absolute atomic E-state index is 11.9. The Bertz CT molecular complexity index is 782. The zero-order valence-corrected chi connectivity index (χ0v) is 19.4. The summed E-state index contributed by atoms with van der Waals surface area (Å²) in [6.07, 6.45) is 0. The van der Waals surface area contributed by atoms with Gasteiger partial charge in [0.25, 0.3) is 5.91 Å². The molecule has 2 aromatic rings. The van der Waals surface area contributed by atoms with Gasteiger partial charge in [0.15, 0.2) is 5.96 Å². The summed E-state index contributed by atoms with van der Waals surface area (Å²) in [7, 11) is 3.35. The summed E-state index contributed by atoms with van der Waals surface area (Å²) in [5, 5.41) is 9.24. The molecular weight excluding hydrogens is 483 g/mol. The zero-order chi connectivity index (χ0) is 20.2. The fourth-order valence-corrected chi connectivity index (χ4v) is 2.50. The van der Waals surface area contributed by atoms with Crippen LogP contribution in [0.4, 0.5) is 0 Å². The minimum absolute atomic E-state index is 0. The average molecular weight is 512 g/mol. The molecule has 0 aliphatic heterocycles. The highest BCUT2D eigenvalue weighted by atomic mass is 127. The lowest BCUT2D eigenvalue weighted by Gasteiger charge is -2.13. The van der Waals surface area contributed by atoms with Crippen LogP contribution in [0, 0.1) is 0 Å². The van der Waals surface area contributed by atoms with E-state index in [0.29, 0.717) is 37.8 Å². The van der Waals surface area contributed by atoms with Crippen molar-refractivity contribution in [3.05, 3.63) is 59.7 Å². The summed E-state index contributed by atoms with van der Waals surface area (Å²) in [6, 6.07) is 15.0. The second kappa shape index (κ2) is 13.6. The van der Waals surface area contributed by atoms with E-state index in [1.54, 1.807) is 20.2 Å². The van der Waals surface area contributed by atoms with Crippen molar-refractivity contribution < 1.29 is 14.3 Å². The van der Waals surface area contributed by atoms with Crippen LogP contribution >= 0.6 is 24.0 Å². The first-order valence-corrected chi connectivity index (χ1v) is 9.24. The number of guanidine groups is 1. The molecule has 7 nitrogen and oxygen atoms in total. The highest BCUT2D eigenvalue weighted by molar-refractivity contribution is 14.0. The van der Waals surface area contributed by atoms with E-state index in [1.807, 2.05) is 49.4 Å². The summed E-state index contributed by atoms with van der Waals surface area (Å²) in [5.74, 6) is 2.18. The van der Waals surface area contributed by atoms with Crippen LogP contribution in [0.1, 0.15) is 22.8 Å². The SMILES string of the molecule is CCNC(=O)c1cccc(CNC(=NC)NCCOc2ccc(OC)cc2)c1.I. The molecule has 0 spiro atoms. The summed E-state index contributed by atoms with van der Waals surface area (Å²) in [6.45, 7) is 4.17. The van der Waals surface area contributed by atoms with Crippen LogP contribution in [0.2, 0.25) is 0 Å². The number of ether oxygens (including phenoxy) is 2. The molecule has 0 aliphatic rings. The normalized spacial score (nSPS) is 10.5. The van der Waals surface area contributed by atoms with Gasteiger partial charge in [-0.05, 0) is 48.9 Å². The van der Waals surface area contributed by atoms with Crippen molar-refractivity contribution >= 4 is 35.8 Å². The lowest BCUT2D eigenvalue weighted by atomic mass is 10.1. The van der Waals surface area contributed by atoms with Gasteiger partial charge in [0, 0.05) is 25.7 Å². The Kier molecular flexibility index (Phi) is 11.6. The van der Waals surface area contributed by atoms with E-state index < -0.39 is 0 Å². The fraction of sp³-hybridized carbons (Fsp3) is 0.333. The lowest BCUT2D eigenvalue weighted by Crippen LogP contribution is -2.38. The highest BCUT2D eigenvalue weighted by Gasteiger charge is 2.05.